The quantitative estimate of drug-likeness (QED) is 0.685. The highest BCUT2D eigenvalue weighted by atomic mass is 79.9. The van der Waals surface area contributed by atoms with Crippen LogP contribution in [-0.4, -0.2) is 18.7 Å². The molecule has 0 unspecified atom stereocenters. The van der Waals surface area contributed by atoms with E-state index in [1.54, 1.807) is 6.92 Å². The highest BCUT2D eigenvalue weighted by Gasteiger charge is 2.21. The smallest absolute Gasteiger partial charge is 0.347 e. The maximum Gasteiger partial charge on any atom is 0.347 e. The summed E-state index contributed by atoms with van der Waals surface area (Å²) >= 11 is 3.38. The fourth-order valence-electron chi connectivity index (χ4n) is 2.08. The lowest BCUT2D eigenvalue weighted by molar-refractivity contribution is -0.151. The van der Waals surface area contributed by atoms with Crippen molar-refractivity contribution in [3.05, 3.63) is 64.6 Å². The van der Waals surface area contributed by atoms with Crippen LogP contribution in [0.3, 0.4) is 0 Å². The SMILES string of the molecule is CCOC(=O)[C@H](CCc1ccccc1)Oc1ccc(Br)cc1. The fraction of sp³-hybridized carbons (Fsp3) is 0.278. The monoisotopic (exact) mass is 362 g/mol. The van der Waals surface area contributed by atoms with Gasteiger partial charge in [0.15, 0.2) is 6.10 Å². The van der Waals surface area contributed by atoms with Gasteiger partial charge in [0.2, 0.25) is 0 Å². The van der Waals surface area contributed by atoms with Crippen molar-refractivity contribution in [2.24, 2.45) is 0 Å². The summed E-state index contributed by atoms with van der Waals surface area (Å²) in [5.41, 5.74) is 1.18. The van der Waals surface area contributed by atoms with Crippen LogP contribution in [0.4, 0.5) is 0 Å². The number of carbonyl (C=O) groups excluding carboxylic acids is 1. The summed E-state index contributed by atoms with van der Waals surface area (Å²) < 4.78 is 11.9. The zero-order valence-electron chi connectivity index (χ0n) is 12.5. The van der Waals surface area contributed by atoms with Gasteiger partial charge < -0.3 is 9.47 Å². The molecule has 2 aromatic carbocycles. The van der Waals surface area contributed by atoms with Gasteiger partial charge in [-0.25, -0.2) is 4.79 Å². The van der Waals surface area contributed by atoms with Crippen LogP contribution >= 0.6 is 15.9 Å². The second-order valence-electron chi connectivity index (χ2n) is 4.84. The Labute approximate surface area is 139 Å². The first-order valence-electron chi connectivity index (χ1n) is 7.32. The molecule has 0 saturated heterocycles. The van der Waals surface area contributed by atoms with Crippen molar-refractivity contribution in [1.82, 2.24) is 0 Å². The Bertz CT molecular complexity index is 581. The maximum atomic E-state index is 12.1. The number of halogens is 1. The number of benzene rings is 2. The van der Waals surface area contributed by atoms with Gasteiger partial charge in [-0.1, -0.05) is 46.3 Å². The summed E-state index contributed by atoms with van der Waals surface area (Å²) in [4.78, 5) is 12.1. The number of hydrogen-bond donors (Lipinski definition) is 0. The number of carbonyl (C=O) groups is 1. The van der Waals surface area contributed by atoms with Gasteiger partial charge in [-0.2, -0.15) is 0 Å². The van der Waals surface area contributed by atoms with Crippen molar-refractivity contribution in [3.8, 4) is 5.75 Å². The first-order valence-corrected chi connectivity index (χ1v) is 8.11. The minimum absolute atomic E-state index is 0.318. The summed E-state index contributed by atoms with van der Waals surface area (Å²) in [5, 5.41) is 0. The molecule has 22 heavy (non-hydrogen) atoms. The van der Waals surface area contributed by atoms with Gasteiger partial charge in [0.05, 0.1) is 6.61 Å². The predicted octanol–water partition coefficient (Wildman–Crippen LogP) is 4.39. The number of rotatable bonds is 7. The van der Waals surface area contributed by atoms with E-state index in [0.717, 1.165) is 10.9 Å². The zero-order valence-corrected chi connectivity index (χ0v) is 14.1. The Morgan fingerprint density at radius 3 is 2.41 bits per heavy atom. The average molecular weight is 363 g/mol. The molecule has 0 aliphatic rings. The van der Waals surface area contributed by atoms with Crippen molar-refractivity contribution in [1.29, 1.82) is 0 Å². The molecular formula is C18H19BrO3. The number of hydrogen-bond acceptors (Lipinski definition) is 3. The summed E-state index contributed by atoms with van der Waals surface area (Å²) in [6.45, 7) is 2.15. The Morgan fingerprint density at radius 2 is 1.77 bits per heavy atom. The van der Waals surface area contributed by atoms with E-state index in [4.69, 9.17) is 9.47 Å². The molecule has 3 nitrogen and oxygen atoms in total. The number of esters is 1. The van der Waals surface area contributed by atoms with Gasteiger partial charge in [-0.15, -0.1) is 0 Å². The normalized spacial score (nSPS) is 11.7. The molecule has 0 spiro atoms. The van der Waals surface area contributed by atoms with Gasteiger partial charge in [0.25, 0.3) is 0 Å². The summed E-state index contributed by atoms with van der Waals surface area (Å²) in [5.74, 6) is 0.343. The van der Waals surface area contributed by atoms with Crippen molar-refractivity contribution >= 4 is 21.9 Å². The summed E-state index contributed by atoms with van der Waals surface area (Å²) in [7, 11) is 0. The predicted molar refractivity (Wildman–Crippen MR) is 90.0 cm³/mol. The van der Waals surface area contributed by atoms with E-state index in [9.17, 15) is 4.79 Å². The largest absolute Gasteiger partial charge is 0.479 e. The van der Waals surface area contributed by atoms with Crippen molar-refractivity contribution in [2.75, 3.05) is 6.61 Å². The molecule has 1 atom stereocenters. The molecule has 0 heterocycles. The van der Waals surface area contributed by atoms with E-state index < -0.39 is 6.10 Å². The van der Waals surface area contributed by atoms with E-state index in [0.29, 0.717) is 18.8 Å². The second-order valence-corrected chi connectivity index (χ2v) is 5.75. The van der Waals surface area contributed by atoms with Crippen LogP contribution in [0.15, 0.2) is 59.1 Å². The van der Waals surface area contributed by atoms with E-state index in [1.807, 2.05) is 54.6 Å². The first kappa shape index (κ1) is 16.6. The van der Waals surface area contributed by atoms with Crippen molar-refractivity contribution in [3.63, 3.8) is 0 Å². The Kier molecular flexibility index (Phi) is 6.46. The van der Waals surface area contributed by atoms with Crippen LogP contribution < -0.4 is 4.74 Å². The zero-order chi connectivity index (χ0) is 15.8. The first-order chi connectivity index (χ1) is 10.7. The van der Waals surface area contributed by atoms with E-state index in [1.165, 1.54) is 5.56 Å². The van der Waals surface area contributed by atoms with Crippen LogP contribution in [0.1, 0.15) is 18.9 Å². The summed E-state index contributed by atoms with van der Waals surface area (Å²) in [6.07, 6.45) is 0.751. The lowest BCUT2D eigenvalue weighted by atomic mass is 10.1. The molecule has 0 aliphatic carbocycles. The second kappa shape index (κ2) is 8.59. The number of aryl methyl sites for hydroxylation is 1. The molecule has 0 aromatic heterocycles. The third-order valence-corrected chi connectivity index (χ3v) is 3.71. The lowest BCUT2D eigenvalue weighted by Crippen LogP contribution is -2.30. The van der Waals surface area contributed by atoms with Gasteiger partial charge in [-0.3, -0.25) is 0 Å². The van der Waals surface area contributed by atoms with Gasteiger partial charge in [-0.05, 0) is 49.6 Å². The molecule has 2 aromatic rings. The third kappa shape index (κ3) is 5.19. The molecular weight excluding hydrogens is 344 g/mol. The Morgan fingerprint density at radius 1 is 1.09 bits per heavy atom. The van der Waals surface area contributed by atoms with Crippen LogP contribution in [0.25, 0.3) is 0 Å². The molecule has 0 aliphatic heterocycles. The standard InChI is InChI=1S/C18H19BrO3/c1-2-21-18(20)17(13-8-14-6-4-3-5-7-14)22-16-11-9-15(19)10-12-16/h3-7,9-12,17H,2,8,13H2,1H3/t17-/m0/s1. The topological polar surface area (TPSA) is 35.5 Å². The molecule has 0 N–H and O–H groups in total. The highest BCUT2D eigenvalue weighted by Crippen LogP contribution is 2.19. The molecule has 2 rings (SSSR count). The van der Waals surface area contributed by atoms with Gasteiger partial charge >= 0.3 is 5.97 Å². The highest BCUT2D eigenvalue weighted by molar-refractivity contribution is 9.10. The minimum atomic E-state index is -0.596. The van der Waals surface area contributed by atoms with Crippen LogP contribution in [0, 0.1) is 0 Å². The van der Waals surface area contributed by atoms with Crippen LogP contribution in [0.5, 0.6) is 5.75 Å². The van der Waals surface area contributed by atoms with Crippen LogP contribution in [-0.2, 0) is 16.0 Å². The summed E-state index contributed by atoms with van der Waals surface area (Å²) in [6, 6.07) is 17.5. The van der Waals surface area contributed by atoms with E-state index >= 15 is 0 Å². The lowest BCUT2D eigenvalue weighted by Gasteiger charge is -2.17. The molecule has 0 saturated carbocycles. The van der Waals surface area contributed by atoms with Crippen molar-refractivity contribution < 1.29 is 14.3 Å². The van der Waals surface area contributed by atoms with Gasteiger partial charge in [0.1, 0.15) is 5.75 Å². The Hall–Kier alpha value is -1.81. The third-order valence-electron chi connectivity index (χ3n) is 3.18. The van der Waals surface area contributed by atoms with Crippen LogP contribution in [0.2, 0.25) is 0 Å². The minimum Gasteiger partial charge on any atom is -0.479 e. The van der Waals surface area contributed by atoms with E-state index in [-0.39, 0.29) is 5.97 Å². The Balaban J connectivity index is 2.02. The molecule has 0 bridgehead atoms. The molecule has 116 valence electrons. The van der Waals surface area contributed by atoms with E-state index in [2.05, 4.69) is 15.9 Å². The molecule has 4 heteroatoms. The van der Waals surface area contributed by atoms with Gasteiger partial charge in [0, 0.05) is 4.47 Å². The average Bonchev–Trinajstić information content (AvgIpc) is 2.54. The fourth-order valence-corrected chi connectivity index (χ4v) is 2.34. The molecule has 0 radical (unpaired) electrons. The van der Waals surface area contributed by atoms with Crippen molar-refractivity contribution in [2.45, 2.75) is 25.9 Å². The molecule has 0 fully saturated rings. The molecule has 0 amide bonds. The number of ether oxygens (including phenoxy) is 2. The maximum absolute atomic E-state index is 12.1.